The minimum Gasteiger partial charge on any atom is -0.382 e. The summed E-state index contributed by atoms with van der Waals surface area (Å²) < 4.78 is 0. The van der Waals surface area contributed by atoms with Crippen LogP contribution in [0.5, 0.6) is 0 Å². The molecule has 0 aliphatic carbocycles. The number of benzene rings is 1. The third-order valence-corrected chi connectivity index (χ3v) is 7.08. The molecule has 3 N–H and O–H groups in total. The number of carbonyl (C=O) groups is 2. The number of piperazine rings is 1. The molecule has 1 aromatic carbocycles. The number of nitrogens with one attached hydrogen (secondary N) is 1. The van der Waals surface area contributed by atoms with Crippen LogP contribution in [-0.2, 0) is 15.3 Å². The number of rotatable bonds is 7. The number of hydrogen-bond donors (Lipinski definition) is 2. The fraction of sp³-hybridized carbons (Fsp3) is 0.310. The summed E-state index contributed by atoms with van der Waals surface area (Å²) in [5, 5.41) is 12.8. The van der Waals surface area contributed by atoms with Crippen LogP contribution >= 0.6 is 11.8 Å². The van der Waals surface area contributed by atoms with Crippen molar-refractivity contribution < 1.29 is 9.59 Å². The van der Waals surface area contributed by atoms with Crippen molar-refractivity contribution in [3.63, 3.8) is 0 Å². The van der Waals surface area contributed by atoms with E-state index in [1.54, 1.807) is 24.3 Å². The molecule has 0 unspecified atom stereocenters. The fourth-order valence-corrected chi connectivity index (χ4v) is 4.82. The Kier molecular flexibility index (Phi) is 9.68. The lowest BCUT2D eigenvalue weighted by atomic mass is 10.1. The molecule has 40 heavy (non-hydrogen) atoms. The average Bonchev–Trinajstić information content (AvgIpc) is 2.94. The average molecular weight is 555 g/mol. The lowest BCUT2D eigenvalue weighted by molar-refractivity contribution is -0.132. The number of aromatic nitrogens is 3. The van der Waals surface area contributed by atoms with E-state index in [1.807, 2.05) is 23.1 Å². The highest BCUT2D eigenvalue weighted by Crippen LogP contribution is 2.29. The molecular formula is C29H30N8O2S. The van der Waals surface area contributed by atoms with Crippen LogP contribution in [0.25, 0.3) is 11.3 Å². The zero-order valence-corrected chi connectivity index (χ0v) is 23.3. The second-order valence-electron chi connectivity index (χ2n) is 9.27. The summed E-state index contributed by atoms with van der Waals surface area (Å²) >= 11 is 1.35. The quantitative estimate of drug-likeness (QED) is 0.256. The number of hydrogen-bond acceptors (Lipinski definition) is 9. The number of nitrogen functional groups attached to an aromatic ring is 1. The molecule has 11 heteroatoms. The van der Waals surface area contributed by atoms with Crippen LogP contribution in [0.15, 0.2) is 47.6 Å². The summed E-state index contributed by atoms with van der Waals surface area (Å²) in [5.41, 5.74) is 9.45. The number of nitrogens with zero attached hydrogens (tertiary/aromatic N) is 6. The predicted octanol–water partition coefficient (Wildman–Crippen LogP) is 3.15. The van der Waals surface area contributed by atoms with Crippen molar-refractivity contribution in [2.45, 2.75) is 30.7 Å². The van der Waals surface area contributed by atoms with Gasteiger partial charge in [0.1, 0.15) is 23.1 Å². The van der Waals surface area contributed by atoms with Gasteiger partial charge in [0.05, 0.1) is 11.4 Å². The summed E-state index contributed by atoms with van der Waals surface area (Å²) in [6, 6.07) is 14.7. The van der Waals surface area contributed by atoms with Crippen LogP contribution in [0.4, 0.5) is 11.5 Å². The molecule has 1 saturated heterocycles. The largest absolute Gasteiger partial charge is 0.382 e. The smallest absolute Gasteiger partial charge is 0.223 e. The Balaban J connectivity index is 1.39. The molecule has 1 fully saturated rings. The van der Waals surface area contributed by atoms with E-state index >= 15 is 0 Å². The van der Waals surface area contributed by atoms with Crippen LogP contribution in [0, 0.1) is 23.2 Å². The zero-order chi connectivity index (χ0) is 28.5. The Morgan fingerprint density at radius 3 is 2.52 bits per heavy atom. The standard InChI is InChI=1S/C29H30N8O2S/c1-20(38)32-23-12-10-21(11-13-23)27-25(18-30)28(31)35-29(34-27)40-19-24-8-5-7-22(33-24)6-3-4-9-26(39)37-16-14-36(2)15-17-37/h5,7-8,10-13H,4,9,14-17,19H2,1-2H3,(H,32,38)(H2,31,34,35). The van der Waals surface area contributed by atoms with Gasteiger partial charge in [-0.15, -0.1) is 0 Å². The number of carbonyl (C=O) groups excluding carboxylic acids is 2. The van der Waals surface area contributed by atoms with Gasteiger partial charge in [-0.1, -0.05) is 35.9 Å². The maximum atomic E-state index is 12.4. The summed E-state index contributed by atoms with van der Waals surface area (Å²) in [6.07, 6.45) is 0.890. The molecule has 204 valence electrons. The van der Waals surface area contributed by atoms with E-state index in [1.165, 1.54) is 18.7 Å². The molecule has 1 aliphatic heterocycles. The van der Waals surface area contributed by atoms with E-state index in [2.05, 4.69) is 50.1 Å². The molecule has 2 amide bonds. The van der Waals surface area contributed by atoms with Gasteiger partial charge in [-0.05, 0) is 37.2 Å². The van der Waals surface area contributed by atoms with E-state index < -0.39 is 0 Å². The van der Waals surface area contributed by atoms with Crippen LogP contribution in [0.3, 0.4) is 0 Å². The van der Waals surface area contributed by atoms with E-state index in [-0.39, 0.29) is 23.2 Å². The third kappa shape index (κ3) is 7.79. The maximum Gasteiger partial charge on any atom is 0.223 e. The van der Waals surface area contributed by atoms with Crippen LogP contribution in [0.2, 0.25) is 0 Å². The summed E-state index contributed by atoms with van der Waals surface area (Å²) in [4.78, 5) is 41.3. The minimum absolute atomic E-state index is 0.0969. The SMILES string of the molecule is CC(=O)Nc1ccc(-c2nc(SCc3cccc(C#CCCC(=O)N4CCN(C)CC4)n3)nc(N)c2C#N)cc1. The van der Waals surface area contributed by atoms with Gasteiger partial charge < -0.3 is 20.9 Å². The molecule has 10 nitrogen and oxygen atoms in total. The van der Waals surface area contributed by atoms with Gasteiger partial charge in [-0.3, -0.25) is 9.59 Å². The van der Waals surface area contributed by atoms with E-state index in [4.69, 9.17) is 5.73 Å². The van der Waals surface area contributed by atoms with Gasteiger partial charge >= 0.3 is 0 Å². The monoisotopic (exact) mass is 554 g/mol. The molecule has 0 bridgehead atoms. The van der Waals surface area contributed by atoms with Crippen molar-refractivity contribution in [2.75, 3.05) is 44.3 Å². The van der Waals surface area contributed by atoms with Crippen molar-refractivity contribution in [1.82, 2.24) is 24.8 Å². The molecular weight excluding hydrogens is 524 g/mol. The number of nitrogens with two attached hydrogens (primary N) is 1. The summed E-state index contributed by atoms with van der Waals surface area (Å²) in [7, 11) is 2.06. The minimum atomic E-state index is -0.171. The highest BCUT2D eigenvalue weighted by molar-refractivity contribution is 7.98. The molecule has 0 saturated carbocycles. The van der Waals surface area contributed by atoms with Gasteiger partial charge in [0.2, 0.25) is 11.8 Å². The van der Waals surface area contributed by atoms with Gasteiger partial charge in [-0.2, -0.15) is 5.26 Å². The summed E-state index contributed by atoms with van der Waals surface area (Å²) in [6.45, 7) is 4.78. The molecule has 0 spiro atoms. The van der Waals surface area contributed by atoms with Crippen molar-refractivity contribution in [1.29, 1.82) is 5.26 Å². The fourth-order valence-electron chi connectivity index (χ4n) is 4.06. The number of amides is 2. The Bertz CT molecular complexity index is 1480. The van der Waals surface area contributed by atoms with Crippen LogP contribution in [0.1, 0.15) is 36.7 Å². The highest BCUT2D eigenvalue weighted by Gasteiger charge is 2.18. The molecule has 1 aliphatic rings. The number of likely N-dealkylation sites (N-methyl/N-ethyl adjacent to an activating group) is 1. The number of anilines is 2. The van der Waals surface area contributed by atoms with E-state index in [0.29, 0.717) is 46.4 Å². The first-order chi connectivity index (χ1) is 19.3. The lowest BCUT2D eigenvalue weighted by Crippen LogP contribution is -2.47. The Hall–Kier alpha value is -4.45. The number of thioether (sulfide) groups is 1. The Morgan fingerprint density at radius 1 is 1.07 bits per heavy atom. The topological polar surface area (TPSA) is 141 Å². The second kappa shape index (κ2) is 13.6. The van der Waals surface area contributed by atoms with Crippen molar-refractivity contribution in [2.24, 2.45) is 0 Å². The number of pyridine rings is 1. The predicted molar refractivity (Wildman–Crippen MR) is 155 cm³/mol. The second-order valence-corrected chi connectivity index (χ2v) is 10.2. The number of nitriles is 1. The first-order valence-corrected chi connectivity index (χ1v) is 13.8. The van der Waals surface area contributed by atoms with E-state index in [0.717, 1.165) is 31.9 Å². The molecule has 3 heterocycles. The highest BCUT2D eigenvalue weighted by atomic mass is 32.2. The lowest BCUT2D eigenvalue weighted by Gasteiger charge is -2.32. The molecule has 0 atom stereocenters. The van der Waals surface area contributed by atoms with Crippen LogP contribution in [-0.4, -0.2) is 69.8 Å². The molecule has 0 radical (unpaired) electrons. The summed E-state index contributed by atoms with van der Waals surface area (Å²) in [5.74, 6) is 6.67. The third-order valence-electron chi connectivity index (χ3n) is 6.20. The molecule has 4 rings (SSSR count). The van der Waals surface area contributed by atoms with Gasteiger partial charge in [-0.25, -0.2) is 15.0 Å². The van der Waals surface area contributed by atoms with Crippen molar-refractivity contribution >= 4 is 35.1 Å². The first-order valence-electron chi connectivity index (χ1n) is 12.8. The Labute approximate surface area is 238 Å². The van der Waals surface area contributed by atoms with Crippen LogP contribution < -0.4 is 11.1 Å². The van der Waals surface area contributed by atoms with Gasteiger partial charge in [0.15, 0.2) is 5.16 Å². The van der Waals surface area contributed by atoms with Gasteiger partial charge in [0, 0.05) is 62.9 Å². The zero-order valence-electron chi connectivity index (χ0n) is 22.5. The van der Waals surface area contributed by atoms with Crippen molar-refractivity contribution in [3.05, 3.63) is 59.4 Å². The molecule has 3 aromatic rings. The molecule has 2 aromatic heterocycles. The maximum absolute atomic E-state index is 12.4. The Morgan fingerprint density at radius 2 is 1.82 bits per heavy atom. The van der Waals surface area contributed by atoms with E-state index in [9.17, 15) is 14.9 Å². The van der Waals surface area contributed by atoms with Crippen molar-refractivity contribution in [3.8, 4) is 29.2 Å². The normalized spacial score (nSPS) is 13.2. The van der Waals surface area contributed by atoms with Gasteiger partial charge in [0.25, 0.3) is 0 Å². The first kappa shape index (κ1) is 28.6.